The lowest BCUT2D eigenvalue weighted by atomic mass is 10.1. The van der Waals surface area contributed by atoms with E-state index in [1.165, 1.54) is 14.0 Å². The van der Waals surface area contributed by atoms with Gasteiger partial charge in [0.1, 0.15) is 10.3 Å². The van der Waals surface area contributed by atoms with Crippen LogP contribution < -0.4 is 10.1 Å². The summed E-state index contributed by atoms with van der Waals surface area (Å²) in [5.74, 6) is 0.240. The Bertz CT molecular complexity index is 407. The van der Waals surface area contributed by atoms with Gasteiger partial charge in [-0.2, -0.15) is 0 Å². The molecule has 6 heteroatoms. The fourth-order valence-electron chi connectivity index (χ4n) is 1.25. The Balaban J connectivity index is 3.26. The highest BCUT2D eigenvalue weighted by Crippen LogP contribution is 2.35. The summed E-state index contributed by atoms with van der Waals surface area (Å²) in [5.41, 5.74) is 0.368. The zero-order valence-electron chi connectivity index (χ0n) is 10.1. The Morgan fingerprint density at radius 3 is 2.44 bits per heavy atom. The van der Waals surface area contributed by atoms with Gasteiger partial charge >= 0.3 is 0 Å². The first-order chi connectivity index (χ1) is 7.27. The molecule has 0 aliphatic carbocycles. The maximum absolute atomic E-state index is 11.1. The number of ether oxygens (including phenoxy) is 1. The van der Waals surface area contributed by atoms with Crippen LogP contribution in [0.2, 0.25) is 0 Å². The van der Waals surface area contributed by atoms with E-state index in [-0.39, 0.29) is 11.4 Å². The molecule has 1 aromatic rings. The maximum atomic E-state index is 11.1. The highest BCUT2D eigenvalue weighted by molar-refractivity contribution is 9.10. The molecule has 0 radical (unpaired) electrons. The van der Waals surface area contributed by atoms with E-state index in [9.17, 15) is 4.79 Å². The summed E-state index contributed by atoms with van der Waals surface area (Å²) in [6.45, 7) is 7.49. The number of carbonyl (C=O) groups is 1. The van der Waals surface area contributed by atoms with Crippen molar-refractivity contribution in [3.63, 3.8) is 0 Å². The Hall–Kier alpha value is -1.04. The molecular formula is C10H16BrN3O2. The average Bonchev–Trinajstić information content (AvgIpc) is 2.42. The summed E-state index contributed by atoms with van der Waals surface area (Å²) in [6.07, 6.45) is 0. The number of carbonyl (C=O) groups excluding carboxylic acids is 1. The molecule has 0 bridgehead atoms. The van der Waals surface area contributed by atoms with Crippen molar-refractivity contribution in [3.8, 4) is 5.88 Å². The molecule has 0 saturated heterocycles. The molecule has 1 N–H and O–H groups in total. The van der Waals surface area contributed by atoms with Gasteiger partial charge in [-0.25, -0.2) is 4.68 Å². The van der Waals surface area contributed by atoms with E-state index in [1.807, 2.05) is 20.8 Å². The van der Waals surface area contributed by atoms with E-state index in [0.717, 1.165) is 0 Å². The first-order valence-electron chi connectivity index (χ1n) is 4.88. The minimum atomic E-state index is -0.192. The predicted octanol–water partition coefficient (Wildman–Crippen LogP) is 2.37. The van der Waals surface area contributed by atoms with E-state index in [1.54, 1.807) is 4.68 Å². The molecule has 90 valence electrons. The van der Waals surface area contributed by atoms with Crippen LogP contribution in [0.15, 0.2) is 4.60 Å². The molecule has 0 fully saturated rings. The number of amides is 1. The fourth-order valence-corrected chi connectivity index (χ4v) is 2.13. The quantitative estimate of drug-likeness (QED) is 0.909. The molecule has 0 saturated carbocycles. The third-order valence-electron chi connectivity index (χ3n) is 1.93. The number of hydrogen-bond donors (Lipinski definition) is 1. The molecule has 0 aromatic carbocycles. The number of nitrogens with zero attached hydrogens (tertiary/aromatic N) is 2. The smallest absolute Gasteiger partial charge is 0.257 e. The monoisotopic (exact) mass is 289 g/mol. The van der Waals surface area contributed by atoms with Gasteiger partial charge in [0.2, 0.25) is 5.91 Å². The lowest BCUT2D eigenvalue weighted by molar-refractivity contribution is -0.114. The molecule has 0 aliphatic heterocycles. The first-order valence-corrected chi connectivity index (χ1v) is 5.67. The third-order valence-corrected chi connectivity index (χ3v) is 2.66. The largest absolute Gasteiger partial charge is 0.478 e. The number of methoxy groups -OCH3 is 1. The Labute approximate surface area is 103 Å². The SMILES string of the molecule is COc1nn(C(C)(C)C)c(Br)c1NC(C)=O. The summed E-state index contributed by atoms with van der Waals surface area (Å²) in [7, 11) is 1.52. The van der Waals surface area contributed by atoms with Crippen molar-refractivity contribution in [2.75, 3.05) is 12.4 Å². The second-order valence-electron chi connectivity index (χ2n) is 4.44. The minimum Gasteiger partial charge on any atom is -0.478 e. The molecule has 5 nitrogen and oxygen atoms in total. The maximum Gasteiger partial charge on any atom is 0.257 e. The number of aromatic nitrogens is 2. The van der Waals surface area contributed by atoms with Crippen LogP contribution in [0.1, 0.15) is 27.7 Å². The van der Waals surface area contributed by atoms with Crippen molar-refractivity contribution in [1.82, 2.24) is 9.78 Å². The lowest BCUT2D eigenvalue weighted by Crippen LogP contribution is -2.23. The van der Waals surface area contributed by atoms with E-state index >= 15 is 0 Å². The second-order valence-corrected chi connectivity index (χ2v) is 5.19. The van der Waals surface area contributed by atoms with Crippen LogP contribution in [-0.2, 0) is 10.3 Å². The van der Waals surface area contributed by atoms with Gasteiger partial charge in [-0.15, -0.1) is 5.10 Å². The summed E-state index contributed by atoms with van der Waals surface area (Å²) >= 11 is 3.41. The second kappa shape index (κ2) is 4.45. The van der Waals surface area contributed by atoms with Gasteiger partial charge in [0.25, 0.3) is 5.88 Å². The number of halogens is 1. The average molecular weight is 290 g/mol. The van der Waals surface area contributed by atoms with Crippen LogP contribution in [0.5, 0.6) is 5.88 Å². The molecule has 1 rings (SSSR count). The summed E-state index contributed by atoms with van der Waals surface area (Å²) in [4.78, 5) is 11.1. The highest BCUT2D eigenvalue weighted by Gasteiger charge is 2.24. The molecule has 16 heavy (non-hydrogen) atoms. The van der Waals surface area contributed by atoms with Gasteiger partial charge in [0.05, 0.1) is 12.6 Å². The van der Waals surface area contributed by atoms with Crippen molar-refractivity contribution in [1.29, 1.82) is 0 Å². The number of anilines is 1. The van der Waals surface area contributed by atoms with Crippen molar-refractivity contribution < 1.29 is 9.53 Å². The van der Waals surface area contributed by atoms with Gasteiger partial charge < -0.3 is 10.1 Å². The van der Waals surface area contributed by atoms with Crippen molar-refractivity contribution >= 4 is 27.5 Å². The van der Waals surface area contributed by atoms with E-state index < -0.39 is 0 Å². The first kappa shape index (κ1) is 13.0. The van der Waals surface area contributed by atoms with Gasteiger partial charge in [-0.3, -0.25) is 4.79 Å². The van der Waals surface area contributed by atoms with Crippen LogP contribution >= 0.6 is 15.9 Å². The normalized spacial score (nSPS) is 11.4. The lowest BCUT2D eigenvalue weighted by Gasteiger charge is -2.20. The summed E-state index contributed by atoms with van der Waals surface area (Å²) < 4.78 is 7.59. The minimum absolute atomic E-state index is 0.160. The van der Waals surface area contributed by atoms with Crippen molar-refractivity contribution in [2.24, 2.45) is 0 Å². The molecule has 0 unspecified atom stereocenters. The van der Waals surface area contributed by atoms with Gasteiger partial charge in [0.15, 0.2) is 0 Å². The van der Waals surface area contributed by atoms with Gasteiger partial charge in [-0.05, 0) is 36.7 Å². The van der Waals surface area contributed by atoms with Crippen LogP contribution in [-0.4, -0.2) is 22.8 Å². The Kier molecular flexibility index (Phi) is 3.62. The third kappa shape index (κ3) is 2.55. The highest BCUT2D eigenvalue weighted by atomic mass is 79.9. The fraction of sp³-hybridized carbons (Fsp3) is 0.600. The molecule has 0 atom stereocenters. The zero-order chi connectivity index (χ0) is 12.5. The molecule has 0 aliphatic rings. The van der Waals surface area contributed by atoms with Crippen molar-refractivity contribution in [3.05, 3.63) is 4.60 Å². The van der Waals surface area contributed by atoms with Crippen LogP contribution in [0.4, 0.5) is 5.69 Å². The summed E-state index contributed by atoms with van der Waals surface area (Å²) in [6, 6.07) is 0. The van der Waals surface area contributed by atoms with E-state index in [0.29, 0.717) is 16.2 Å². The van der Waals surface area contributed by atoms with Crippen LogP contribution in [0.3, 0.4) is 0 Å². The van der Waals surface area contributed by atoms with Crippen LogP contribution in [0, 0.1) is 0 Å². The molecule has 1 heterocycles. The number of hydrogen-bond acceptors (Lipinski definition) is 3. The molecule has 1 amide bonds. The van der Waals surface area contributed by atoms with E-state index in [4.69, 9.17) is 4.74 Å². The van der Waals surface area contributed by atoms with Crippen LogP contribution in [0.25, 0.3) is 0 Å². The van der Waals surface area contributed by atoms with Gasteiger partial charge in [0, 0.05) is 6.92 Å². The standard InChI is InChI=1S/C10H16BrN3O2/c1-6(15)12-7-8(11)14(10(2,3)4)13-9(7)16-5/h1-5H3,(H,12,15). The zero-order valence-corrected chi connectivity index (χ0v) is 11.7. The summed E-state index contributed by atoms with van der Waals surface area (Å²) in [5, 5.41) is 6.98. The van der Waals surface area contributed by atoms with Gasteiger partial charge in [-0.1, -0.05) is 0 Å². The predicted molar refractivity (Wildman–Crippen MR) is 65.8 cm³/mol. The molecular weight excluding hydrogens is 274 g/mol. The van der Waals surface area contributed by atoms with Crippen molar-refractivity contribution in [2.45, 2.75) is 33.2 Å². The molecule has 0 spiro atoms. The number of rotatable bonds is 2. The van der Waals surface area contributed by atoms with E-state index in [2.05, 4.69) is 26.3 Å². The Morgan fingerprint density at radius 2 is 2.06 bits per heavy atom. The Morgan fingerprint density at radius 1 is 1.50 bits per heavy atom. The number of nitrogens with one attached hydrogen (secondary N) is 1. The topological polar surface area (TPSA) is 56.1 Å². The molecule has 1 aromatic heterocycles.